The minimum atomic E-state index is -0.480. The first-order chi connectivity index (χ1) is 5.68. The molecule has 0 fully saturated rings. The number of halogens is 2. The molecule has 0 amide bonds. The van der Waals surface area contributed by atoms with Gasteiger partial charge < -0.3 is 5.11 Å². The molecule has 0 spiro atoms. The van der Waals surface area contributed by atoms with Crippen LogP contribution in [0.15, 0.2) is 16.6 Å². The fourth-order valence-electron chi connectivity index (χ4n) is 1.62. The van der Waals surface area contributed by atoms with Gasteiger partial charge in [-0.15, -0.1) is 0 Å². The number of hydrogen-bond donors (Lipinski definition) is 1. The summed E-state index contributed by atoms with van der Waals surface area (Å²) in [5.41, 5.74) is 1.41. The van der Waals surface area contributed by atoms with Crippen molar-refractivity contribution in [3.05, 3.63) is 33.5 Å². The van der Waals surface area contributed by atoms with Crippen LogP contribution >= 0.6 is 15.9 Å². The van der Waals surface area contributed by atoms with E-state index >= 15 is 0 Å². The van der Waals surface area contributed by atoms with Crippen LogP contribution in [0.4, 0.5) is 4.39 Å². The highest BCUT2D eigenvalue weighted by atomic mass is 79.9. The van der Waals surface area contributed by atoms with Gasteiger partial charge in [0.2, 0.25) is 0 Å². The molecule has 0 radical (unpaired) electrons. The number of aliphatic hydroxyl groups is 1. The highest BCUT2D eigenvalue weighted by molar-refractivity contribution is 9.10. The van der Waals surface area contributed by atoms with E-state index in [0.29, 0.717) is 22.9 Å². The molecule has 0 aliphatic heterocycles. The van der Waals surface area contributed by atoms with Crippen molar-refractivity contribution in [1.29, 1.82) is 0 Å². The maximum atomic E-state index is 13.2. The van der Waals surface area contributed by atoms with Crippen LogP contribution in [0.1, 0.15) is 23.7 Å². The summed E-state index contributed by atoms with van der Waals surface area (Å²) in [6, 6.07) is 3.23. The molecule has 1 aromatic carbocycles. The van der Waals surface area contributed by atoms with Gasteiger partial charge in [-0.1, -0.05) is 15.9 Å². The van der Waals surface area contributed by atoms with E-state index in [0.717, 1.165) is 5.56 Å². The van der Waals surface area contributed by atoms with E-state index in [1.54, 1.807) is 6.07 Å². The normalized spacial score (nSPS) is 21.1. The van der Waals surface area contributed by atoms with Gasteiger partial charge >= 0.3 is 0 Å². The van der Waals surface area contributed by atoms with Crippen LogP contribution in [0.5, 0.6) is 0 Å². The standard InChI is InChI=1S/C9H8BrFO/c10-5-3-7-6(8(11)4-5)1-2-9(7)12/h3-4,9,12H,1-2H2. The Kier molecular flexibility index (Phi) is 1.93. The third-order valence-corrected chi connectivity index (χ3v) is 2.68. The van der Waals surface area contributed by atoms with Crippen LogP contribution in [-0.2, 0) is 6.42 Å². The predicted molar refractivity (Wildman–Crippen MR) is 47.4 cm³/mol. The largest absolute Gasteiger partial charge is 0.388 e. The SMILES string of the molecule is OC1CCc2c(F)cc(Br)cc21. The number of rotatable bonds is 0. The first kappa shape index (κ1) is 8.20. The first-order valence-electron chi connectivity index (χ1n) is 3.84. The summed E-state index contributed by atoms with van der Waals surface area (Å²) in [5.74, 6) is -0.212. The Morgan fingerprint density at radius 1 is 1.50 bits per heavy atom. The van der Waals surface area contributed by atoms with E-state index in [2.05, 4.69) is 15.9 Å². The van der Waals surface area contributed by atoms with E-state index in [4.69, 9.17) is 0 Å². The Morgan fingerprint density at radius 3 is 3.00 bits per heavy atom. The molecule has 0 saturated carbocycles. The Bertz CT molecular complexity index is 325. The summed E-state index contributed by atoms with van der Waals surface area (Å²) < 4.78 is 13.9. The predicted octanol–water partition coefficient (Wildman–Crippen LogP) is 2.57. The lowest BCUT2D eigenvalue weighted by molar-refractivity contribution is 0.180. The molecule has 1 unspecified atom stereocenters. The van der Waals surface area contributed by atoms with E-state index in [-0.39, 0.29) is 5.82 Å². The number of benzene rings is 1. The van der Waals surface area contributed by atoms with Crippen molar-refractivity contribution in [3.63, 3.8) is 0 Å². The molecule has 0 saturated heterocycles. The lowest BCUT2D eigenvalue weighted by Crippen LogP contribution is -1.92. The summed E-state index contributed by atoms with van der Waals surface area (Å²) in [4.78, 5) is 0. The Balaban J connectivity index is 2.60. The topological polar surface area (TPSA) is 20.2 Å². The minimum absolute atomic E-state index is 0.212. The third kappa shape index (κ3) is 1.17. The average Bonchev–Trinajstić information content (AvgIpc) is 2.33. The van der Waals surface area contributed by atoms with Gasteiger partial charge in [-0.2, -0.15) is 0 Å². The lowest BCUT2D eigenvalue weighted by Gasteiger charge is -2.04. The molecule has 12 heavy (non-hydrogen) atoms. The first-order valence-corrected chi connectivity index (χ1v) is 4.63. The van der Waals surface area contributed by atoms with Crippen molar-refractivity contribution in [2.45, 2.75) is 18.9 Å². The Morgan fingerprint density at radius 2 is 2.25 bits per heavy atom. The fraction of sp³-hybridized carbons (Fsp3) is 0.333. The van der Waals surface area contributed by atoms with Gasteiger partial charge in [-0.05, 0) is 36.1 Å². The average molecular weight is 231 g/mol. The summed E-state index contributed by atoms with van der Waals surface area (Å²) in [5, 5.41) is 9.44. The van der Waals surface area contributed by atoms with E-state index in [1.807, 2.05) is 0 Å². The van der Waals surface area contributed by atoms with Crippen molar-refractivity contribution >= 4 is 15.9 Å². The molecular weight excluding hydrogens is 223 g/mol. The highest BCUT2D eigenvalue weighted by Gasteiger charge is 2.23. The maximum Gasteiger partial charge on any atom is 0.127 e. The smallest absolute Gasteiger partial charge is 0.127 e. The summed E-state index contributed by atoms with van der Waals surface area (Å²) in [6.07, 6.45) is 0.810. The second-order valence-corrected chi connectivity index (χ2v) is 3.93. The molecule has 1 aliphatic rings. The molecule has 64 valence electrons. The molecule has 2 rings (SSSR count). The zero-order valence-electron chi connectivity index (χ0n) is 6.35. The monoisotopic (exact) mass is 230 g/mol. The van der Waals surface area contributed by atoms with Gasteiger partial charge in [-0.25, -0.2) is 4.39 Å². The van der Waals surface area contributed by atoms with Crippen LogP contribution < -0.4 is 0 Å². The zero-order valence-corrected chi connectivity index (χ0v) is 7.94. The molecule has 1 atom stereocenters. The van der Waals surface area contributed by atoms with Crippen molar-refractivity contribution in [2.75, 3.05) is 0 Å². The van der Waals surface area contributed by atoms with Gasteiger partial charge in [0.15, 0.2) is 0 Å². The number of aliphatic hydroxyl groups excluding tert-OH is 1. The maximum absolute atomic E-state index is 13.2. The van der Waals surface area contributed by atoms with Gasteiger partial charge in [0.05, 0.1) is 6.10 Å². The molecule has 0 heterocycles. The molecule has 0 aromatic heterocycles. The van der Waals surface area contributed by atoms with E-state index < -0.39 is 6.10 Å². The molecule has 3 heteroatoms. The van der Waals surface area contributed by atoms with Gasteiger partial charge in [0, 0.05) is 4.47 Å². The van der Waals surface area contributed by atoms with Gasteiger partial charge in [-0.3, -0.25) is 0 Å². The Hall–Kier alpha value is -0.410. The number of hydrogen-bond acceptors (Lipinski definition) is 1. The third-order valence-electron chi connectivity index (χ3n) is 2.22. The second kappa shape index (κ2) is 2.82. The van der Waals surface area contributed by atoms with Crippen LogP contribution in [0.2, 0.25) is 0 Å². The summed E-state index contributed by atoms with van der Waals surface area (Å²) in [7, 11) is 0. The zero-order chi connectivity index (χ0) is 8.72. The molecule has 1 nitrogen and oxygen atoms in total. The van der Waals surface area contributed by atoms with Gasteiger partial charge in [0.1, 0.15) is 5.82 Å². The van der Waals surface area contributed by atoms with Crippen LogP contribution in [-0.4, -0.2) is 5.11 Å². The van der Waals surface area contributed by atoms with Crippen molar-refractivity contribution in [3.8, 4) is 0 Å². The van der Waals surface area contributed by atoms with Crippen molar-refractivity contribution in [2.24, 2.45) is 0 Å². The van der Waals surface area contributed by atoms with Crippen LogP contribution in [0, 0.1) is 5.82 Å². The molecule has 0 bridgehead atoms. The van der Waals surface area contributed by atoms with E-state index in [9.17, 15) is 9.50 Å². The quantitative estimate of drug-likeness (QED) is 0.727. The van der Waals surface area contributed by atoms with Crippen molar-refractivity contribution < 1.29 is 9.50 Å². The Labute approximate surface area is 78.3 Å². The second-order valence-electron chi connectivity index (χ2n) is 3.01. The molecule has 1 aromatic rings. The lowest BCUT2D eigenvalue weighted by atomic mass is 10.1. The molecular formula is C9H8BrFO. The summed E-state index contributed by atoms with van der Waals surface area (Å²) in [6.45, 7) is 0. The fourth-order valence-corrected chi connectivity index (χ4v) is 2.07. The van der Waals surface area contributed by atoms with Crippen LogP contribution in [0.3, 0.4) is 0 Å². The number of fused-ring (bicyclic) bond motifs is 1. The molecule has 1 aliphatic carbocycles. The van der Waals surface area contributed by atoms with Gasteiger partial charge in [0.25, 0.3) is 0 Å². The minimum Gasteiger partial charge on any atom is -0.388 e. The highest BCUT2D eigenvalue weighted by Crippen LogP contribution is 2.34. The van der Waals surface area contributed by atoms with Crippen molar-refractivity contribution in [1.82, 2.24) is 0 Å². The molecule has 1 N–H and O–H groups in total. The van der Waals surface area contributed by atoms with E-state index in [1.165, 1.54) is 6.07 Å². The summed E-state index contributed by atoms with van der Waals surface area (Å²) >= 11 is 3.19. The van der Waals surface area contributed by atoms with Crippen LogP contribution in [0.25, 0.3) is 0 Å².